The first-order valence-corrected chi connectivity index (χ1v) is 5.73. The van der Waals surface area contributed by atoms with Crippen LogP contribution in [0.3, 0.4) is 0 Å². The van der Waals surface area contributed by atoms with Gasteiger partial charge < -0.3 is 19.3 Å². The van der Waals surface area contributed by atoms with Gasteiger partial charge in [-0.25, -0.2) is 0 Å². The lowest BCUT2D eigenvalue weighted by molar-refractivity contribution is 0.0894. The monoisotopic (exact) mass is 240 g/mol. The van der Waals surface area contributed by atoms with Crippen LogP contribution in [0.5, 0.6) is 11.5 Å². The first-order chi connectivity index (χ1) is 8.21. The van der Waals surface area contributed by atoms with Crippen LogP contribution in [0, 0.1) is 0 Å². The van der Waals surface area contributed by atoms with E-state index in [1.54, 1.807) is 13.2 Å². The second-order valence-corrected chi connectivity index (χ2v) is 3.76. The van der Waals surface area contributed by atoms with E-state index in [1.807, 2.05) is 26.0 Å². The maximum Gasteiger partial charge on any atom is 0.161 e. The minimum absolute atomic E-state index is 0.00597. The summed E-state index contributed by atoms with van der Waals surface area (Å²) in [5.74, 6) is 1.33. The molecule has 0 radical (unpaired) electrons. The van der Waals surface area contributed by atoms with E-state index in [4.69, 9.17) is 19.3 Å². The molecule has 17 heavy (non-hydrogen) atoms. The number of hydrogen-bond acceptors (Lipinski definition) is 4. The molecule has 0 fully saturated rings. The predicted octanol–water partition coefficient (Wildman–Crippen LogP) is 1.99. The fourth-order valence-corrected chi connectivity index (χ4v) is 1.50. The van der Waals surface area contributed by atoms with Crippen molar-refractivity contribution >= 4 is 0 Å². The van der Waals surface area contributed by atoms with Crippen molar-refractivity contribution in [2.24, 2.45) is 0 Å². The number of ether oxygens (including phenoxy) is 3. The van der Waals surface area contributed by atoms with Gasteiger partial charge >= 0.3 is 0 Å². The van der Waals surface area contributed by atoms with Crippen LogP contribution in [-0.4, -0.2) is 31.5 Å². The molecule has 0 aliphatic carbocycles. The molecule has 0 amide bonds. The highest BCUT2D eigenvalue weighted by Gasteiger charge is 2.10. The number of aliphatic hydroxyl groups is 1. The second-order valence-electron chi connectivity index (χ2n) is 3.76. The number of rotatable bonds is 7. The van der Waals surface area contributed by atoms with E-state index in [1.165, 1.54) is 0 Å². The number of benzene rings is 1. The van der Waals surface area contributed by atoms with Crippen LogP contribution in [0.15, 0.2) is 18.2 Å². The number of methoxy groups -OCH3 is 1. The molecular weight excluding hydrogens is 220 g/mol. The highest BCUT2D eigenvalue weighted by atomic mass is 16.5. The molecule has 0 aliphatic rings. The molecule has 0 aromatic heterocycles. The molecule has 0 saturated carbocycles. The molecular formula is C13H20O4. The van der Waals surface area contributed by atoms with Gasteiger partial charge in [-0.15, -0.1) is 0 Å². The summed E-state index contributed by atoms with van der Waals surface area (Å²) in [5, 5.41) is 9.07. The third kappa shape index (κ3) is 4.24. The Hall–Kier alpha value is -1.26. The van der Waals surface area contributed by atoms with Crippen molar-refractivity contribution in [2.45, 2.75) is 26.6 Å². The molecule has 0 heterocycles. The van der Waals surface area contributed by atoms with Gasteiger partial charge in [-0.1, -0.05) is 6.07 Å². The van der Waals surface area contributed by atoms with Gasteiger partial charge in [-0.05, 0) is 31.5 Å². The number of aliphatic hydroxyl groups excluding tert-OH is 1. The summed E-state index contributed by atoms with van der Waals surface area (Å²) in [6, 6.07) is 5.42. The van der Waals surface area contributed by atoms with Crippen molar-refractivity contribution in [1.82, 2.24) is 0 Å². The van der Waals surface area contributed by atoms with E-state index in [0.717, 1.165) is 5.56 Å². The van der Waals surface area contributed by atoms with Crippen molar-refractivity contribution in [3.8, 4) is 11.5 Å². The topological polar surface area (TPSA) is 47.9 Å². The molecule has 1 N–H and O–H groups in total. The molecule has 0 bridgehead atoms. The van der Waals surface area contributed by atoms with Gasteiger partial charge in [0.2, 0.25) is 0 Å². The van der Waals surface area contributed by atoms with Crippen LogP contribution < -0.4 is 9.47 Å². The summed E-state index contributed by atoms with van der Waals surface area (Å²) < 4.78 is 16.2. The van der Waals surface area contributed by atoms with Crippen molar-refractivity contribution < 1.29 is 19.3 Å². The summed E-state index contributed by atoms with van der Waals surface area (Å²) in [6.45, 7) is 4.92. The maximum absolute atomic E-state index is 9.07. The molecule has 4 nitrogen and oxygen atoms in total. The van der Waals surface area contributed by atoms with E-state index < -0.39 is 0 Å². The van der Waals surface area contributed by atoms with Crippen molar-refractivity contribution in [1.29, 1.82) is 0 Å². The third-order valence-corrected chi connectivity index (χ3v) is 2.22. The van der Waals surface area contributed by atoms with Crippen LogP contribution in [0.4, 0.5) is 0 Å². The molecule has 4 heteroatoms. The van der Waals surface area contributed by atoms with Crippen molar-refractivity contribution in [3.63, 3.8) is 0 Å². The van der Waals surface area contributed by atoms with Crippen LogP contribution >= 0.6 is 0 Å². The van der Waals surface area contributed by atoms with Gasteiger partial charge in [0.05, 0.1) is 19.8 Å². The van der Waals surface area contributed by atoms with Crippen LogP contribution in [0.25, 0.3) is 0 Å². The molecule has 1 aromatic rings. The van der Waals surface area contributed by atoms with E-state index in [0.29, 0.717) is 24.7 Å². The zero-order valence-electron chi connectivity index (χ0n) is 10.6. The summed E-state index contributed by atoms with van der Waals surface area (Å²) in [6.07, 6.45) is -0.0424. The highest BCUT2D eigenvalue weighted by molar-refractivity contribution is 5.43. The average molecular weight is 240 g/mol. The Morgan fingerprint density at radius 2 is 2.06 bits per heavy atom. The molecule has 0 spiro atoms. The fraction of sp³-hybridized carbons (Fsp3) is 0.538. The molecule has 1 atom stereocenters. The maximum atomic E-state index is 9.07. The normalized spacial score (nSPS) is 12.2. The van der Waals surface area contributed by atoms with Crippen molar-refractivity contribution in [2.75, 3.05) is 20.3 Å². The average Bonchev–Trinajstić information content (AvgIpc) is 2.32. The lowest BCUT2D eigenvalue weighted by atomic mass is 10.2. The smallest absolute Gasteiger partial charge is 0.161 e. The summed E-state index contributed by atoms with van der Waals surface area (Å²) in [4.78, 5) is 0. The Bertz CT molecular complexity index is 338. The first kappa shape index (κ1) is 13.8. The molecule has 96 valence electrons. The quantitative estimate of drug-likeness (QED) is 0.791. The third-order valence-electron chi connectivity index (χ3n) is 2.22. The van der Waals surface area contributed by atoms with Gasteiger partial charge in [0.25, 0.3) is 0 Å². The Morgan fingerprint density at radius 1 is 1.29 bits per heavy atom. The number of hydrogen-bond donors (Lipinski definition) is 1. The predicted molar refractivity (Wildman–Crippen MR) is 65.5 cm³/mol. The Balaban J connectivity index is 2.81. The summed E-state index contributed by atoms with van der Waals surface area (Å²) in [7, 11) is 1.64. The van der Waals surface area contributed by atoms with Gasteiger partial charge in [-0.2, -0.15) is 0 Å². The van der Waals surface area contributed by atoms with E-state index >= 15 is 0 Å². The molecule has 1 unspecified atom stereocenters. The minimum Gasteiger partial charge on any atom is -0.490 e. The van der Waals surface area contributed by atoms with Crippen LogP contribution in [-0.2, 0) is 11.3 Å². The van der Waals surface area contributed by atoms with Crippen LogP contribution in [0.1, 0.15) is 19.4 Å². The van der Waals surface area contributed by atoms with Gasteiger partial charge in [-0.3, -0.25) is 0 Å². The van der Waals surface area contributed by atoms with Crippen molar-refractivity contribution in [3.05, 3.63) is 23.8 Å². The summed E-state index contributed by atoms with van der Waals surface area (Å²) in [5.41, 5.74) is 0.806. The molecule has 1 aromatic carbocycles. The Kier molecular flexibility index (Phi) is 5.80. The summed E-state index contributed by atoms with van der Waals surface area (Å²) >= 11 is 0. The van der Waals surface area contributed by atoms with Gasteiger partial charge in [0, 0.05) is 7.11 Å². The standard InChI is InChI=1S/C13H20O4/c1-4-16-13-7-11(8-14)5-6-12(13)17-10(2)9-15-3/h5-7,10,14H,4,8-9H2,1-3H3. The molecule has 0 saturated heterocycles. The van der Waals surface area contributed by atoms with E-state index in [-0.39, 0.29) is 12.7 Å². The van der Waals surface area contributed by atoms with E-state index in [9.17, 15) is 0 Å². The first-order valence-electron chi connectivity index (χ1n) is 5.73. The lowest BCUT2D eigenvalue weighted by Crippen LogP contribution is -2.18. The van der Waals surface area contributed by atoms with Gasteiger partial charge in [0.1, 0.15) is 6.10 Å². The van der Waals surface area contributed by atoms with E-state index in [2.05, 4.69) is 0 Å². The molecule has 1 rings (SSSR count). The second kappa shape index (κ2) is 7.14. The SMILES string of the molecule is CCOc1cc(CO)ccc1OC(C)COC. The Labute approximate surface area is 102 Å². The molecule has 0 aliphatic heterocycles. The Morgan fingerprint density at radius 3 is 2.65 bits per heavy atom. The van der Waals surface area contributed by atoms with Crippen LogP contribution in [0.2, 0.25) is 0 Å². The highest BCUT2D eigenvalue weighted by Crippen LogP contribution is 2.29. The zero-order valence-corrected chi connectivity index (χ0v) is 10.6. The largest absolute Gasteiger partial charge is 0.490 e. The zero-order chi connectivity index (χ0) is 12.7. The fourth-order valence-electron chi connectivity index (χ4n) is 1.50. The lowest BCUT2D eigenvalue weighted by Gasteiger charge is -2.17. The van der Waals surface area contributed by atoms with Gasteiger partial charge in [0.15, 0.2) is 11.5 Å². The minimum atomic E-state index is -0.0424.